The average molecular weight is 342 g/mol. The zero-order chi connectivity index (χ0) is 18.0. The number of para-hydroxylation sites is 1. The molecule has 5 heteroatoms. The van der Waals surface area contributed by atoms with Crippen LogP contribution in [-0.2, 0) is 4.79 Å². The summed E-state index contributed by atoms with van der Waals surface area (Å²) in [5.41, 5.74) is 0.552. The first-order valence-corrected chi connectivity index (χ1v) is 9.00. The van der Waals surface area contributed by atoms with Gasteiger partial charge in [-0.25, -0.2) is 0 Å². The number of furan rings is 1. The topological polar surface area (TPSA) is 62.6 Å². The quantitative estimate of drug-likeness (QED) is 0.878. The van der Waals surface area contributed by atoms with Crippen molar-refractivity contribution < 1.29 is 14.0 Å². The lowest BCUT2D eigenvalue weighted by Crippen LogP contribution is -2.33. The Morgan fingerprint density at radius 3 is 2.32 bits per heavy atom. The molecule has 2 amide bonds. The van der Waals surface area contributed by atoms with Crippen LogP contribution in [-0.4, -0.2) is 29.8 Å². The molecule has 0 aliphatic carbocycles. The van der Waals surface area contributed by atoms with Gasteiger partial charge in [0.15, 0.2) is 0 Å². The molecular weight excluding hydrogens is 316 g/mol. The first-order valence-electron chi connectivity index (χ1n) is 9.00. The molecule has 0 atom stereocenters. The van der Waals surface area contributed by atoms with Gasteiger partial charge in [-0.3, -0.25) is 9.59 Å². The number of amides is 2. The van der Waals surface area contributed by atoms with E-state index in [1.54, 1.807) is 0 Å². The smallest absolute Gasteiger partial charge is 0.291 e. The zero-order valence-corrected chi connectivity index (χ0v) is 15.2. The van der Waals surface area contributed by atoms with Crippen molar-refractivity contribution in [1.29, 1.82) is 0 Å². The molecule has 1 N–H and O–H groups in total. The SMILES string of the molecule is CC(C)(C)C(=O)Nc1c(C(=O)N2CCCCCC2)oc2ccccc12. The summed E-state index contributed by atoms with van der Waals surface area (Å²) in [6.07, 6.45) is 4.32. The van der Waals surface area contributed by atoms with Crippen molar-refractivity contribution in [2.45, 2.75) is 46.5 Å². The molecule has 1 saturated heterocycles. The fourth-order valence-corrected chi connectivity index (χ4v) is 3.04. The van der Waals surface area contributed by atoms with Crippen molar-refractivity contribution in [2.24, 2.45) is 5.41 Å². The summed E-state index contributed by atoms with van der Waals surface area (Å²) < 4.78 is 5.86. The van der Waals surface area contributed by atoms with E-state index in [0.717, 1.165) is 44.2 Å². The minimum absolute atomic E-state index is 0.135. The average Bonchev–Trinajstić information content (AvgIpc) is 2.74. The number of nitrogens with zero attached hydrogens (tertiary/aromatic N) is 1. The van der Waals surface area contributed by atoms with Crippen LogP contribution in [0.3, 0.4) is 0 Å². The standard InChI is InChI=1S/C20H26N2O3/c1-20(2,3)19(24)21-16-14-10-6-7-11-15(14)25-17(16)18(23)22-12-8-4-5-9-13-22/h6-7,10-11H,4-5,8-9,12-13H2,1-3H3,(H,21,24). The Morgan fingerprint density at radius 1 is 1.04 bits per heavy atom. The number of hydrogen-bond donors (Lipinski definition) is 1. The second kappa shape index (κ2) is 6.90. The van der Waals surface area contributed by atoms with Crippen LogP contribution < -0.4 is 5.32 Å². The van der Waals surface area contributed by atoms with E-state index in [9.17, 15) is 9.59 Å². The van der Waals surface area contributed by atoms with Gasteiger partial charge in [0, 0.05) is 23.9 Å². The Hall–Kier alpha value is -2.30. The number of hydrogen-bond acceptors (Lipinski definition) is 3. The molecule has 2 aromatic rings. The maximum absolute atomic E-state index is 13.1. The van der Waals surface area contributed by atoms with Gasteiger partial charge in [-0.2, -0.15) is 0 Å². The summed E-state index contributed by atoms with van der Waals surface area (Å²) >= 11 is 0. The van der Waals surface area contributed by atoms with Gasteiger partial charge in [0.2, 0.25) is 11.7 Å². The third kappa shape index (κ3) is 3.70. The summed E-state index contributed by atoms with van der Waals surface area (Å²) in [7, 11) is 0. The van der Waals surface area contributed by atoms with Crippen LogP contribution in [0.1, 0.15) is 57.0 Å². The fraction of sp³-hybridized carbons (Fsp3) is 0.500. The molecule has 0 unspecified atom stereocenters. The molecule has 0 saturated carbocycles. The van der Waals surface area contributed by atoms with Crippen LogP contribution >= 0.6 is 0 Å². The predicted molar refractivity (Wildman–Crippen MR) is 98.7 cm³/mol. The Labute approximate surface area is 148 Å². The lowest BCUT2D eigenvalue weighted by atomic mass is 9.95. The van der Waals surface area contributed by atoms with Crippen molar-refractivity contribution in [1.82, 2.24) is 4.90 Å². The van der Waals surface area contributed by atoms with Gasteiger partial charge in [-0.05, 0) is 25.0 Å². The third-order valence-corrected chi connectivity index (χ3v) is 4.60. The number of carbonyl (C=O) groups is 2. The number of benzene rings is 1. The number of likely N-dealkylation sites (tertiary alicyclic amines) is 1. The van der Waals surface area contributed by atoms with Crippen LogP contribution in [0.4, 0.5) is 5.69 Å². The number of rotatable bonds is 2. The fourth-order valence-electron chi connectivity index (χ4n) is 3.04. The second-order valence-corrected chi connectivity index (χ2v) is 7.71. The van der Waals surface area contributed by atoms with Gasteiger partial charge >= 0.3 is 0 Å². The van der Waals surface area contributed by atoms with Gasteiger partial charge < -0.3 is 14.6 Å². The van der Waals surface area contributed by atoms with Crippen molar-refractivity contribution in [3.8, 4) is 0 Å². The number of fused-ring (bicyclic) bond motifs is 1. The zero-order valence-electron chi connectivity index (χ0n) is 15.2. The van der Waals surface area contributed by atoms with E-state index in [1.165, 1.54) is 0 Å². The minimum atomic E-state index is -0.554. The molecule has 1 aliphatic heterocycles. The monoisotopic (exact) mass is 342 g/mol. The van der Waals surface area contributed by atoms with Gasteiger partial charge in [-0.1, -0.05) is 45.7 Å². The second-order valence-electron chi connectivity index (χ2n) is 7.71. The van der Waals surface area contributed by atoms with E-state index in [4.69, 9.17) is 4.42 Å². The summed E-state index contributed by atoms with van der Waals surface area (Å²) in [5, 5.41) is 3.69. The van der Waals surface area contributed by atoms with Crippen molar-refractivity contribution in [3.63, 3.8) is 0 Å². The highest BCUT2D eigenvalue weighted by molar-refractivity contribution is 6.11. The molecule has 5 nitrogen and oxygen atoms in total. The molecule has 25 heavy (non-hydrogen) atoms. The number of carbonyl (C=O) groups excluding carboxylic acids is 2. The van der Waals surface area contributed by atoms with Gasteiger partial charge in [0.1, 0.15) is 11.3 Å². The molecule has 1 aliphatic rings. The van der Waals surface area contributed by atoms with E-state index < -0.39 is 5.41 Å². The number of anilines is 1. The van der Waals surface area contributed by atoms with Crippen LogP contribution in [0, 0.1) is 5.41 Å². The highest BCUT2D eigenvalue weighted by atomic mass is 16.3. The molecule has 134 valence electrons. The molecule has 0 spiro atoms. The minimum Gasteiger partial charge on any atom is -0.449 e. The highest BCUT2D eigenvalue weighted by Gasteiger charge is 2.29. The molecule has 0 bridgehead atoms. The molecule has 1 fully saturated rings. The van der Waals surface area contributed by atoms with Gasteiger partial charge in [0.25, 0.3) is 5.91 Å². The first kappa shape index (κ1) is 17.5. The molecule has 3 rings (SSSR count). The van der Waals surface area contributed by atoms with E-state index in [1.807, 2.05) is 49.9 Å². The normalized spacial score (nSPS) is 15.9. The molecular formula is C20H26N2O3. The Bertz CT molecular complexity index is 778. The Balaban J connectivity index is 2.00. The highest BCUT2D eigenvalue weighted by Crippen LogP contribution is 2.33. The van der Waals surface area contributed by atoms with Gasteiger partial charge in [0.05, 0.1) is 0 Å². The molecule has 0 radical (unpaired) electrons. The van der Waals surface area contributed by atoms with E-state index in [-0.39, 0.29) is 17.6 Å². The van der Waals surface area contributed by atoms with Crippen molar-refractivity contribution in [2.75, 3.05) is 18.4 Å². The van der Waals surface area contributed by atoms with Crippen LogP contribution in [0.5, 0.6) is 0 Å². The van der Waals surface area contributed by atoms with E-state index >= 15 is 0 Å². The van der Waals surface area contributed by atoms with E-state index in [2.05, 4.69) is 5.32 Å². The summed E-state index contributed by atoms with van der Waals surface area (Å²) in [5.74, 6) is -0.0352. The molecule has 2 heterocycles. The molecule has 1 aromatic heterocycles. The van der Waals surface area contributed by atoms with Crippen LogP contribution in [0.25, 0.3) is 11.0 Å². The maximum atomic E-state index is 13.1. The largest absolute Gasteiger partial charge is 0.449 e. The summed E-state index contributed by atoms with van der Waals surface area (Å²) in [4.78, 5) is 27.4. The summed E-state index contributed by atoms with van der Waals surface area (Å²) in [6, 6.07) is 7.43. The lowest BCUT2D eigenvalue weighted by molar-refractivity contribution is -0.123. The summed E-state index contributed by atoms with van der Waals surface area (Å²) in [6.45, 7) is 7.02. The first-order chi connectivity index (χ1) is 11.9. The Morgan fingerprint density at radius 2 is 1.68 bits per heavy atom. The van der Waals surface area contributed by atoms with Crippen LogP contribution in [0.15, 0.2) is 28.7 Å². The predicted octanol–water partition coefficient (Wildman–Crippen LogP) is 4.43. The molecule has 1 aromatic carbocycles. The van der Waals surface area contributed by atoms with E-state index in [0.29, 0.717) is 11.3 Å². The van der Waals surface area contributed by atoms with Crippen LogP contribution in [0.2, 0.25) is 0 Å². The maximum Gasteiger partial charge on any atom is 0.291 e. The Kier molecular flexibility index (Phi) is 4.84. The van der Waals surface area contributed by atoms with Crippen molar-refractivity contribution in [3.05, 3.63) is 30.0 Å². The third-order valence-electron chi connectivity index (χ3n) is 4.60. The lowest BCUT2D eigenvalue weighted by Gasteiger charge is -2.21. The van der Waals surface area contributed by atoms with Crippen molar-refractivity contribution >= 4 is 28.5 Å². The number of nitrogens with one attached hydrogen (secondary N) is 1. The van der Waals surface area contributed by atoms with Gasteiger partial charge in [-0.15, -0.1) is 0 Å².